The zero-order chi connectivity index (χ0) is 5.33. The molecule has 0 spiro atoms. The number of rotatable bonds is 2. The second-order valence-electron chi connectivity index (χ2n) is 1.09. The van der Waals surface area contributed by atoms with Gasteiger partial charge < -0.3 is 0 Å². The first-order valence-corrected chi connectivity index (χ1v) is 2.43. The molecule has 1 fully saturated rings. The third-order valence-corrected chi connectivity index (χ3v) is 1.21. The van der Waals surface area contributed by atoms with E-state index in [-0.39, 0.29) is 6.61 Å². The predicted molar refractivity (Wildman–Crippen MR) is 13.1 cm³/mol. The summed E-state index contributed by atoms with van der Waals surface area (Å²) < 4.78 is 4.51. The van der Waals surface area contributed by atoms with E-state index in [2.05, 4.69) is 13.2 Å². The molecule has 0 aromatic rings. The van der Waals surface area contributed by atoms with Crippen LogP contribution in [0.1, 0.15) is 0 Å². The molecule has 0 unspecified atom stereocenters. The Balaban J connectivity index is 2.28. The molecule has 0 aromatic carbocycles. The van der Waals surface area contributed by atoms with Crippen molar-refractivity contribution in [1.29, 1.82) is 0 Å². The molecule has 1 N–H and O–H groups in total. The van der Waals surface area contributed by atoms with Crippen molar-refractivity contribution in [3.63, 3.8) is 0 Å². The van der Waals surface area contributed by atoms with Gasteiger partial charge in [-0.25, -0.2) is 0 Å². The van der Waals surface area contributed by atoms with E-state index in [1.165, 1.54) is 20.2 Å². The molecule has 7 heavy (non-hydrogen) atoms. The summed E-state index contributed by atoms with van der Waals surface area (Å²) in [5.74, 6) is -1.11. The zero-order valence-electron chi connectivity index (χ0n) is 3.29. The predicted octanol–water partition coefficient (Wildman–Crippen LogP) is -0.927. The fraction of sp³-hybridized carbons (Fsp3) is 1.00. The Labute approximate surface area is 51.6 Å². The van der Waals surface area contributed by atoms with Crippen molar-refractivity contribution in [2.45, 2.75) is 5.97 Å². The van der Waals surface area contributed by atoms with Gasteiger partial charge in [0.2, 0.25) is 0 Å². The van der Waals surface area contributed by atoms with Gasteiger partial charge in [0.25, 0.3) is 0 Å². The molecule has 1 aliphatic heterocycles. The van der Waals surface area contributed by atoms with Crippen molar-refractivity contribution in [3.8, 4) is 0 Å². The van der Waals surface area contributed by atoms with Crippen molar-refractivity contribution in [3.05, 3.63) is 0 Å². The average Bonchev–Trinajstić information content (AvgIpc) is 2.46. The van der Waals surface area contributed by atoms with Crippen LogP contribution in [0.5, 0.6) is 0 Å². The van der Waals surface area contributed by atoms with Crippen LogP contribution in [0.4, 0.5) is 0 Å². The monoisotopic (exact) mass is 189 g/mol. The van der Waals surface area contributed by atoms with Gasteiger partial charge in [-0.05, 0) is 0 Å². The van der Waals surface area contributed by atoms with Gasteiger partial charge in [0.15, 0.2) is 0 Å². The second kappa shape index (κ2) is 1.80. The Morgan fingerprint density at radius 1 is 1.71 bits per heavy atom. The third-order valence-electron chi connectivity index (χ3n) is 0.590. The van der Waals surface area contributed by atoms with E-state index in [9.17, 15) is 0 Å². The summed E-state index contributed by atoms with van der Waals surface area (Å²) in [6, 6.07) is 0. The van der Waals surface area contributed by atoms with Crippen molar-refractivity contribution in [2.75, 3.05) is 6.61 Å². The molecular formula is C2H3MoO4. The minimum atomic E-state index is -1.11. The molecule has 0 amide bonds. The van der Waals surface area contributed by atoms with Crippen molar-refractivity contribution < 1.29 is 38.5 Å². The summed E-state index contributed by atoms with van der Waals surface area (Å²) in [6.07, 6.45) is 0. The minimum absolute atomic E-state index is 0.258. The van der Waals surface area contributed by atoms with E-state index in [1.54, 1.807) is 0 Å². The van der Waals surface area contributed by atoms with Gasteiger partial charge in [0.1, 0.15) is 0 Å². The molecule has 5 heteroatoms. The van der Waals surface area contributed by atoms with E-state index in [1.807, 2.05) is 0 Å². The number of aliphatic hydroxyl groups is 1. The summed E-state index contributed by atoms with van der Waals surface area (Å²) in [5.41, 5.74) is 0. The Bertz CT molecular complexity index is 64.1. The van der Waals surface area contributed by atoms with E-state index >= 15 is 0 Å². The Kier molecular flexibility index (Phi) is 1.46. The molecule has 0 aliphatic carbocycles. The fourth-order valence-corrected chi connectivity index (χ4v) is 0.419. The van der Waals surface area contributed by atoms with Gasteiger partial charge in [0, 0.05) is 0 Å². The SMILES string of the molecule is OCC1([O][Mo])OO1. The topological polar surface area (TPSA) is 54.5 Å². The van der Waals surface area contributed by atoms with Gasteiger partial charge >= 0.3 is 51.0 Å². The summed E-state index contributed by atoms with van der Waals surface area (Å²) in [5, 5.41) is 8.28. The first kappa shape index (κ1) is 5.66. The van der Waals surface area contributed by atoms with Crippen LogP contribution in [0.25, 0.3) is 0 Å². The van der Waals surface area contributed by atoms with Gasteiger partial charge in [0.05, 0.1) is 0 Å². The Morgan fingerprint density at radius 3 is 2.29 bits per heavy atom. The number of hydrogen-bond acceptors (Lipinski definition) is 4. The normalized spacial score (nSPS) is 24.7. The molecule has 0 atom stereocenters. The summed E-state index contributed by atoms with van der Waals surface area (Å²) in [4.78, 5) is 8.45. The van der Waals surface area contributed by atoms with Crippen LogP contribution >= 0.6 is 0 Å². The molecule has 4 nitrogen and oxygen atoms in total. The van der Waals surface area contributed by atoms with Gasteiger partial charge in [-0.2, -0.15) is 0 Å². The Hall–Kier alpha value is 0.528. The maximum atomic E-state index is 8.28. The molecule has 41 valence electrons. The van der Waals surface area contributed by atoms with Crippen molar-refractivity contribution >= 4 is 0 Å². The molecule has 1 aliphatic rings. The maximum absolute atomic E-state index is 8.28. The van der Waals surface area contributed by atoms with Gasteiger partial charge in [-0.1, -0.05) is 0 Å². The van der Waals surface area contributed by atoms with Crippen molar-refractivity contribution in [1.82, 2.24) is 0 Å². The number of aliphatic hydroxyl groups excluding tert-OH is 1. The number of hydrogen-bond donors (Lipinski definition) is 1. The molecular weight excluding hydrogens is 184 g/mol. The fourth-order valence-electron chi connectivity index (χ4n) is 0.153. The molecule has 0 saturated carbocycles. The van der Waals surface area contributed by atoms with Crippen LogP contribution in [-0.4, -0.2) is 17.7 Å². The summed E-state index contributed by atoms with van der Waals surface area (Å²) >= 11 is 1.33. The first-order chi connectivity index (χ1) is 3.33. The molecule has 0 aromatic heterocycles. The van der Waals surface area contributed by atoms with Crippen LogP contribution in [-0.2, 0) is 33.4 Å². The molecule has 1 saturated heterocycles. The van der Waals surface area contributed by atoms with Gasteiger partial charge in [-0.15, -0.1) is 0 Å². The molecule has 1 heterocycles. The van der Waals surface area contributed by atoms with Crippen LogP contribution in [0.2, 0.25) is 0 Å². The first-order valence-electron chi connectivity index (χ1n) is 1.62. The van der Waals surface area contributed by atoms with E-state index < -0.39 is 5.97 Å². The van der Waals surface area contributed by atoms with Crippen molar-refractivity contribution in [2.24, 2.45) is 0 Å². The second-order valence-corrected chi connectivity index (χ2v) is 1.50. The van der Waals surface area contributed by atoms with Crippen LogP contribution in [0, 0.1) is 0 Å². The van der Waals surface area contributed by atoms with Crippen LogP contribution in [0.15, 0.2) is 0 Å². The van der Waals surface area contributed by atoms with E-state index in [4.69, 9.17) is 5.11 Å². The average molecular weight is 187 g/mol. The van der Waals surface area contributed by atoms with Crippen LogP contribution < -0.4 is 0 Å². The summed E-state index contributed by atoms with van der Waals surface area (Å²) in [7, 11) is 0. The quantitative estimate of drug-likeness (QED) is 0.344. The van der Waals surface area contributed by atoms with Crippen LogP contribution in [0.3, 0.4) is 0 Å². The van der Waals surface area contributed by atoms with E-state index in [0.717, 1.165) is 0 Å². The standard InChI is InChI=1S/C2H3O4.Mo/c3-1-2(4)5-6-2;/h3H,1H2;/q-1;+1. The Morgan fingerprint density at radius 2 is 2.29 bits per heavy atom. The van der Waals surface area contributed by atoms with E-state index in [0.29, 0.717) is 0 Å². The molecule has 1 rings (SSSR count). The molecule has 0 bridgehead atoms. The third kappa shape index (κ3) is 1.01. The van der Waals surface area contributed by atoms with Gasteiger partial charge in [-0.3, -0.25) is 0 Å². The zero-order valence-corrected chi connectivity index (χ0v) is 5.29. The molecule has 0 radical (unpaired) electrons. The summed E-state index contributed by atoms with van der Waals surface area (Å²) in [6.45, 7) is -0.258.